The topological polar surface area (TPSA) is 42.9 Å². The van der Waals surface area contributed by atoms with Crippen LogP contribution in [0.25, 0.3) is 11.0 Å². The Balaban J connectivity index is 2.13. The van der Waals surface area contributed by atoms with Gasteiger partial charge in [-0.2, -0.15) is 0 Å². The van der Waals surface area contributed by atoms with E-state index >= 15 is 0 Å². The number of Topliss-reactive ketones (excluding diaryl/α,β-unsaturated/α-hetero) is 1. The molecule has 1 aromatic carbocycles. The second-order valence-corrected chi connectivity index (χ2v) is 5.47. The van der Waals surface area contributed by atoms with Gasteiger partial charge >= 0.3 is 0 Å². The van der Waals surface area contributed by atoms with Gasteiger partial charge in [0.25, 0.3) is 0 Å². The molecule has 2 aromatic rings. The Morgan fingerprint density at radius 2 is 2.00 bits per heavy atom. The minimum atomic E-state index is -0.397. The SMILES string of the molecule is C=CCC1(c2ccc3nccnc3c2)CCCCC1=O. The molecule has 0 aliphatic heterocycles. The lowest BCUT2D eigenvalue weighted by atomic mass is 9.66. The number of benzene rings is 1. The first kappa shape index (κ1) is 13.0. The number of carbonyl (C=O) groups excluding carboxylic acids is 1. The molecule has 0 radical (unpaired) electrons. The molecule has 0 amide bonds. The van der Waals surface area contributed by atoms with E-state index in [0.717, 1.165) is 35.9 Å². The van der Waals surface area contributed by atoms with Crippen molar-refractivity contribution in [2.75, 3.05) is 0 Å². The van der Waals surface area contributed by atoms with Crippen LogP contribution in [0.5, 0.6) is 0 Å². The summed E-state index contributed by atoms with van der Waals surface area (Å²) in [5.74, 6) is 0.340. The normalized spacial score (nSPS) is 22.9. The molecule has 3 heteroatoms. The van der Waals surface area contributed by atoms with Crippen molar-refractivity contribution in [1.29, 1.82) is 0 Å². The lowest BCUT2D eigenvalue weighted by molar-refractivity contribution is -0.126. The summed E-state index contributed by atoms with van der Waals surface area (Å²) in [6, 6.07) is 6.02. The molecule has 1 heterocycles. The molecule has 1 fully saturated rings. The maximum absolute atomic E-state index is 12.6. The van der Waals surface area contributed by atoms with Crippen LogP contribution in [0.15, 0.2) is 43.2 Å². The Labute approximate surface area is 118 Å². The number of ketones is 1. The molecular weight excluding hydrogens is 248 g/mol. The Morgan fingerprint density at radius 1 is 1.20 bits per heavy atom. The standard InChI is InChI=1S/C17H18N2O/c1-2-8-17(9-4-3-5-16(17)20)13-6-7-14-15(12-13)19-11-10-18-14/h2,6-7,10-12H,1,3-5,8-9H2. The van der Waals surface area contributed by atoms with Crippen LogP contribution in [-0.4, -0.2) is 15.8 Å². The number of hydrogen-bond donors (Lipinski definition) is 0. The molecule has 0 bridgehead atoms. The van der Waals surface area contributed by atoms with E-state index in [1.54, 1.807) is 12.4 Å². The molecular formula is C17H18N2O. The van der Waals surface area contributed by atoms with Gasteiger partial charge in [-0.1, -0.05) is 18.6 Å². The summed E-state index contributed by atoms with van der Waals surface area (Å²) in [5.41, 5.74) is 2.39. The van der Waals surface area contributed by atoms with E-state index in [0.29, 0.717) is 18.6 Å². The fraction of sp³-hybridized carbons (Fsp3) is 0.353. The van der Waals surface area contributed by atoms with Crippen LogP contribution >= 0.6 is 0 Å². The molecule has 20 heavy (non-hydrogen) atoms. The number of carbonyl (C=O) groups is 1. The van der Waals surface area contributed by atoms with Gasteiger partial charge in [0.2, 0.25) is 0 Å². The summed E-state index contributed by atoms with van der Waals surface area (Å²) in [6.07, 6.45) is 9.63. The van der Waals surface area contributed by atoms with E-state index < -0.39 is 5.41 Å². The Kier molecular flexibility index (Phi) is 3.35. The fourth-order valence-electron chi connectivity index (χ4n) is 3.24. The van der Waals surface area contributed by atoms with Gasteiger partial charge in [-0.15, -0.1) is 6.58 Å². The monoisotopic (exact) mass is 266 g/mol. The van der Waals surface area contributed by atoms with Gasteiger partial charge in [0, 0.05) is 18.8 Å². The van der Waals surface area contributed by atoms with E-state index in [4.69, 9.17) is 0 Å². The highest BCUT2D eigenvalue weighted by molar-refractivity contribution is 5.92. The molecule has 1 saturated carbocycles. The first-order valence-electron chi connectivity index (χ1n) is 7.12. The summed E-state index contributed by atoms with van der Waals surface area (Å²) < 4.78 is 0. The molecule has 0 saturated heterocycles. The van der Waals surface area contributed by atoms with Crippen molar-refractivity contribution in [2.45, 2.75) is 37.5 Å². The average molecular weight is 266 g/mol. The molecule has 0 spiro atoms. The third-order valence-corrected chi connectivity index (χ3v) is 4.31. The molecule has 1 aliphatic rings. The van der Waals surface area contributed by atoms with E-state index in [-0.39, 0.29) is 0 Å². The van der Waals surface area contributed by atoms with E-state index in [1.807, 2.05) is 24.3 Å². The van der Waals surface area contributed by atoms with Crippen LogP contribution in [0, 0.1) is 0 Å². The van der Waals surface area contributed by atoms with Gasteiger partial charge in [-0.05, 0) is 37.0 Å². The zero-order valence-electron chi connectivity index (χ0n) is 11.5. The van der Waals surface area contributed by atoms with Crippen molar-refractivity contribution in [2.24, 2.45) is 0 Å². The first-order valence-corrected chi connectivity index (χ1v) is 7.12. The largest absolute Gasteiger partial charge is 0.299 e. The van der Waals surface area contributed by atoms with E-state index in [9.17, 15) is 4.79 Å². The molecule has 1 aliphatic carbocycles. The molecule has 1 aromatic heterocycles. The van der Waals surface area contributed by atoms with Gasteiger partial charge in [0.05, 0.1) is 16.4 Å². The highest BCUT2D eigenvalue weighted by atomic mass is 16.1. The Bertz CT molecular complexity index is 665. The van der Waals surface area contributed by atoms with Crippen LogP contribution in [0.4, 0.5) is 0 Å². The highest BCUT2D eigenvalue weighted by Crippen LogP contribution is 2.40. The minimum Gasteiger partial charge on any atom is -0.299 e. The minimum absolute atomic E-state index is 0.340. The van der Waals surface area contributed by atoms with Crippen LogP contribution in [0.3, 0.4) is 0 Å². The van der Waals surface area contributed by atoms with Crippen molar-refractivity contribution < 1.29 is 4.79 Å². The molecule has 1 atom stereocenters. The third kappa shape index (κ3) is 2.03. The summed E-state index contributed by atoms with van der Waals surface area (Å²) in [7, 11) is 0. The zero-order valence-corrected chi connectivity index (χ0v) is 11.5. The molecule has 0 N–H and O–H groups in total. The quantitative estimate of drug-likeness (QED) is 0.797. The van der Waals surface area contributed by atoms with Crippen molar-refractivity contribution in [3.8, 4) is 0 Å². The highest BCUT2D eigenvalue weighted by Gasteiger charge is 2.40. The van der Waals surface area contributed by atoms with Crippen LogP contribution in [0.2, 0.25) is 0 Å². The number of allylic oxidation sites excluding steroid dienone is 1. The third-order valence-electron chi connectivity index (χ3n) is 4.31. The number of fused-ring (bicyclic) bond motifs is 1. The fourth-order valence-corrected chi connectivity index (χ4v) is 3.24. The second-order valence-electron chi connectivity index (χ2n) is 5.47. The smallest absolute Gasteiger partial charge is 0.143 e. The predicted molar refractivity (Wildman–Crippen MR) is 79.5 cm³/mol. The van der Waals surface area contributed by atoms with Crippen LogP contribution in [-0.2, 0) is 10.2 Å². The van der Waals surface area contributed by atoms with Crippen molar-refractivity contribution in [3.05, 3.63) is 48.8 Å². The van der Waals surface area contributed by atoms with Gasteiger partial charge < -0.3 is 0 Å². The summed E-state index contributed by atoms with van der Waals surface area (Å²) in [6.45, 7) is 3.84. The van der Waals surface area contributed by atoms with E-state index in [1.165, 1.54) is 0 Å². The summed E-state index contributed by atoms with van der Waals surface area (Å²) in [5, 5.41) is 0. The van der Waals surface area contributed by atoms with Gasteiger partial charge in [-0.3, -0.25) is 14.8 Å². The first-order chi connectivity index (χ1) is 9.76. The lowest BCUT2D eigenvalue weighted by Gasteiger charge is -2.35. The molecule has 3 nitrogen and oxygen atoms in total. The van der Waals surface area contributed by atoms with Gasteiger partial charge in [0.15, 0.2) is 0 Å². The molecule has 1 unspecified atom stereocenters. The molecule has 3 rings (SSSR count). The zero-order chi connectivity index (χ0) is 14.0. The van der Waals surface area contributed by atoms with Gasteiger partial charge in [-0.25, -0.2) is 0 Å². The second kappa shape index (κ2) is 5.16. The van der Waals surface area contributed by atoms with Crippen LogP contribution in [0.1, 0.15) is 37.7 Å². The van der Waals surface area contributed by atoms with E-state index in [2.05, 4.69) is 16.5 Å². The predicted octanol–water partition coefficient (Wildman–Crippen LogP) is 3.59. The maximum Gasteiger partial charge on any atom is 0.143 e. The summed E-state index contributed by atoms with van der Waals surface area (Å²) >= 11 is 0. The Morgan fingerprint density at radius 3 is 2.75 bits per heavy atom. The summed E-state index contributed by atoms with van der Waals surface area (Å²) in [4.78, 5) is 21.2. The molecule has 102 valence electrons. The number of hydrogen-bond acceptors (Lipinski definition) is 3. The number of rotatable bonds is 3. The van der Waals surface area contributed by atoms with Crippen molar-refractivity contribution in [1.82, 2.24) is 9.97 Å². The van der Waals surface area contributed by atoms with Crippen LogP contribution < -0.4 is 0 Å². The average Bonchev–Trinajstić information content (AvgIpc) is 2.49. The van der Waals surface area contributed by atoms with Gasteiger partial charge in [0.1, 0.15) is 5.78 Å². The maximum atomic E-state index is 12.6. The number of aromatic nitrogens is 2. The Hall–Kier alpha value is -2.03. The van der Waals surface area contributed by atoms with Crippen molar-refractivity contribution in [3.63, 3.8) is 0 Å². The van der Waals surface area contributed by atoms with Crippen molar-refractivity contribution >= 4 is 16.8 Å². The number of nitrogens with zero attached hydrogens (tertiary/aromatic N) is 2. The lowest BCUT2D eigenvalue weighted by Crippen LogP contribution is -2.38.